The minimum Gasteiger partial charge on any atom is -0.352 e. The van der Waals surface area contributed by atoms with Crippen LogP contribution in [-0.4, -0.2) is 49.6 Å². The van der Waals surface area contributed by atoms with Gasteiger partial charge >= 0.3 is 0 Å². The van der Waals surface area contributed by atoms with Gasteiger partial charge in [0.05, 0.1) is 6.04 Å². The SMILES string of the molecule is CC1CN(C)CCC1NC(=O)C1NCCCC1(C)C. The van der Waals surface area contributed by atoms with Crippen LogP contribution in [0.15, 0.2) is 0 Å². The van der Waals surface area contributed by atoms with Crippen molar-refractivity contribution in [3.05, 3.63) is 0 Å². The molecule has 0 aromatic carbocycles. The van der Waals surface area contributed by atoms with Crippen LogP contribution in [-0.2, 0) is 4.79 Å². The molecule has 0 aromatic heterocycles. The summed E-state index contributed by atoms with van der Waals surface area (Å²) in [6, 6.07) is 0.302. The molecule has 0 aliphatic carbocycles. The van der Waals surface area contributed by atoms with Gasteiger partial charge in [-0.15, -0.1) is 0 Å². The van der Waals surface area contributed by atoms with Gasteiger partial charge in [0.1, 0.15) is 0 Å². The van der Waals surface area contributed by atoms with Gasteiger partial charge < -0.3 is 15.5 Å². The van der Waals surface area contributed by atoms with Crippen LogP contribution < -0.4 is 10.6 Å². The summed E-state index contributed by atoms with van der Waals surface area (Å²) in [6.45, 7) is 9.75. The summed E-state index contributed by atoms with van der Waals surface area (Å²) in [4.78, 5) is 14.9. The summed E-state index contributed by atoms with van der Waals surface area (Å²) in [5.74, 6) is 0.737. The van der Waals surface area contributed by atoms with E-state index in [1.165, 1.54) is 6.42 Å². The molecule has 2 saturated heterocycles. The lowest BCUT2D eigenvalue weighted by Gasteiger charge is -2.41. The molecule has 2 fully saturated rings. The lowest BCUT2D eigenvalue weighted by atomic mass is 9.77. The average Bonchev–Trinajstić information content (AvgIpc) is 2.32. The summed E-state index contributed by atoms with van der Waals surface area (Å²) in [5, 5.41) is 6.69. The molecule has 4 nitrogen and oxygen atoms in total. The van der Waals surface area contributed by atoms with E-state index in [2.05, 4.69) is 43.4 Å². The molecule has 3 atom stereocenters. The molecular formula is C15H29N3O. The molecule has 2 aliphatic rings. The molecule has 19 heavy (non-hydrogen) atoms. The Balaban J connectivity index is 1.93. The van der Waals surface area contributed by atoms with Crippen LogP contribution in [0.4, 0.5) is 0 Å². The van der Waals surface area contributed by atoms with Crippen LogP contribution in [0.5, 0.6) is 0 Å². The Hall–Kier alpha value is -0.610. The second-order valence-electron chi connectivity index (χ2n) is 7.12. The third-order valence-electron chi connectivity index (χ3n) is 4.83. The fourth-order valence-corrected chi connectivity index (χ4v) is 3.49. The van der Waals surface area contributed by atoms with Gasteiger partial charge in [0.25, 0.3) is 0 Å². The van der Waals surface area contributed by atoms with Crippen LogP contribution in [0.3, 0.4) is 0 Å². The smallest absolute Gasteiger partial charge is 0.237 e. The normalized spacial score (nSPS) is 35.9. The summed E-state index contributed by atoms with van der Waals surface area (Å²) in [7, 11) is 2.15. The van der Waals surface area contributed by atoms with E-state index < -0.39 is 0 Å². The molecule has 2 heterocycles. The minimum absolute atomic E-state index is 0.0342. The molecule has 0 radical (unpaired) electrons. The van der Waals surface area contributed by atoms with Crippen molar-refractivity contribution < 1.29 is 4.79 Å². The monoisotopic (exact) mass is 267 g/mol. The number of carbonyl (C=O) groups excluding carboxylic acids is 1. The van der Waals surface area contributed by atoms with E-state index >= 15 is 0 Å². The highest BCUT2D eigenvalue weighted by Gasteiger charge is 2.38. The van der Waals surface area contributed by atoms with Gasteiger partial charge in [-0.2, -0.15) is 0 Å². The topological polar surface area (TPSA) is 44.4 Å². The van der Waals surface area contributed by atoms with Crippen LogP contribution in [0.1, 0.15) is 40.0 Å². The van der Waals surface area contributed by atoms with Crippen LogP contribution >= 0.6 is 0 Å². The van der Waals surface area contributed by atoms with Crippen molar-refractivity contribution in [1.29, 1.82) is 0 Å². The number of likely N-dealkylation sites (tertiary alicyclic amines) is 1. The van der Waals surface area contributed by atoms with Crippen molar-refractivity contribution in [2.75, 3.05) is 26.7 Å². The second-order valence-corrected chi connectivity index (χ2v) is 7.12. The zero-order valence-electron chi connectivity index (χ0n) is 12.8. The Labute approximate surface area is 117 Å². The highest BCUT2D eigenvalue weighted by Crippen LogP contribution is 2.30. The van der Waals surface area contributed by atoms with Gasteiger partial charge in [-0.1, -0.05) is 20.8 Å². The number of hydrogen-bond acceptors (Lipinski definition) is 3. The first-order chi connectivity index (χ1) is 8.90. The number of nitrogens with zero attached hydrogens (tertiary/aromatic N) is 1. The predicted octanol–water partition coefficient (Wildman–Crippen LogP) is 1.22. The lowest BCUT2D eigenvalue weighted by Crippen LogP contribution is -2.59. The zero-order chi connectivity index (χ0) is 14.0. The summed E-state index contributed by atoms with van der Waals surface area (Å²) >= 11 is 0. The molecule has 0 bridgehead atoms. The number of amides is 1. The molecule has 2 rings (SSSR count). The Bertz CT molecular complexity index is 329. The largest absolute Gasteiger partial charge is 0.352 e. The molecule has 0 saturated carbocycles. The van der Waals surface area contributed by atoms with Gasteiger partial charge in [0.2, 0.25) is 5.91 Å². The van der Waals surface area contributed by atoms with Gasteiger partial charge in [0.15, 0.2) is 0 Å². The van der Waals surface area contributed by atoms with Crippen molar-refractivity contribution in [3.8, 4) is 0 Å². The standard InChI is InChI=1S/C15H29N3O/c1-11-10-18(4)9-6-12(11)17-14(19)13-15(2,3)7-5-8-16-13/h11-13,16H,5-10H2,1-4H3,(H,17,19). The van der Waals surface area contributed by atoms with Gasteiger partial charge in [-0.05, 0) is 50.7 Å². The first-order valence-electron chi connectivity index (χ1n) is 7.62. The van der Waals surface area contributed by atoms with Crippen LogP contribution in [0, 0.1) is 11.3 Å². The molecule has 3 unspecified atom stereocenters. The molecular weight excluding hydrogens is 238 g/mol. The quantitative estimate of drug-likeness (QED) is 0.791. The highest BCUT2D eigenvalue weighted by molar-refractivity contribution is 5.83. The third-order valence-corrected chi connectivity index (χ3v) is 4.83. The maximum Gasteiger partial charge on any atom is 0.237 e. The number of piperidine rings is 2. The van der Waals surface area contributed by atoms with E-state index in [0.29, 0.717) is 12.0 Å². The third kappa shape index (κ3) is 3.48. The van der Waals surface area contributed by atoms with E-state index in [-0.39, 0.29) is 17.4 Å². The van der Waals surface area contributed by atoms with Crippen molar-refractivity contribution in [2.24, 2.45) is 11.3 Å². The van der Waals surface area contributed by atoms with Gasteiger partial charge in [0, 0.05) is 12.6 Å². The number of carbonyl (C=O) groups is 1. The Morgan fingerprint density at radius 1 is 1.42 bits per heavy atom. The fraction of sp³-hybridized carbons (Fsp3) is 0.933. The maximum atomic E-state index is 12.5. The second kappa shape index (κ2) is 5.80. The summed E-state index contributed by atoms with van der Waals surface area (Å²) in [6.07, 6.45) is 3.36. The van der Waals surface area contributed by atoms with E-state index in [9.17, 15) is 4.79 Å². The lowest BCUT2D eigenvalue weighted by molar-refractivity contribution is -0.128. The molecule has 1 amide bonds. The molecule has 110 valence electrons. The van der Waals surface area contributed by atoms with E-state index in [0.717, 1.165) is 32.5 Å². The number of nitrogens with one attached hydrogen (secondary N) is 2. The van der Waals surface area contributed by atoms with E-state index in [4.69, 9.17) is 0 Å². The first-order valence-corrected chi connectivity index (χ1v) is 7.62. The van der Waals surface area contributed by atoms with Crippen molar-refractivity contribution in [2.45, 2.75) is 52.1 Å². The van der Waals surface area contributed by atoms with E-state index in [1.807, 2.05) is 0 Å². The molecule has 2 N–H and O–H groups in total. The Kier molecular flexibility index (Phi) is 4.51. The number of rotatable bonds is 2. The van der Waals surface area contributed by atoms with Crippen molar-refractivity contribution >= 4 is 5.91 Å². The van der Waals surface area contributed by atoms with Crippen LogP contribution in [0.25, 0.3) is 0 Å². The van der Waals surface area contributed by atoms with Crippen LogP contribution in [0.2, 0.25) is 0 Å². The Morgan fingerprint density at radius 3 is 2.79 bits per heavy atom. The minimum atomic E-state index is -0.0342. The van der Waals surface area contributed by atoms with Crippen molar-refractivity contribution in [1.82, 2.24) is 15.5 Å². The van der Waals surface area contributed by atoms with E-state index in [1.54, 1.807) is 0 Å². The first kappa shape index (κ1) is 14.8. The predicted molar refractivity (Wildman–Crippen MR) is 78.0 cm³/mol. The average molecular weight is 267 g/mol. The van der Waals surface area contributed by atoms with Gasteiger partial charge in [-0.25, -0.2) is 0 Å². The summed E-state index contributed by atoms with van der Waals surface area (Å²) < 4.78 is 0. The summed E-state index contributed by atoms with van der Waals surface area (Å²) in [5.41, 5.74) is 0.0665. The van der Waals surface area contributed by atoms with Crippen molar-refractivity contribution in [3.63, 3.8) is 0 Å². The Morgan fingerprint density at radius 2 is 2.16 bits per heavy atom. The molecule has 0 spiro atoms. The molecule has 4 heteroatoms. The zero-order valence-corrected chi connectivity index (χ0v) is 12.8. The fourth-order valence-electron chi connectivity index (χ4n) is 3.49. The molecule has 0 aromatic rings. The maximum absolute atomic E-state index is 12.5. The number of hydrogen-bond donors (Lipinski definition) is 2. The molecule has 2 aliphatic heterocycles. The van der Waals surface area contributed by atoms with Gasteiger partial charge in [-0.3, -0.25) is 4.79 Å². The highest BCUT2D eigenvalue weighted by atomic mass is 16.2.